The van der Waals surface area contributed by atoms with E-state index in [1.807, 2.05) is 0 Å². The molecule has 29 heavy (non-hydrogen) atoms. The molecule has 0 aliphatic carbocycles. The molecule has 0 amide bonds. The maximum absolute atomic E-state index is 13.4. The molecule has 0 bridgehead atoms. The van der Waals surface area contributed by atoms with Gasteiger partial charge in [-0.2, -0.15) is 0 Å². The molecular weight excluding hydrogens is 420 g/mol. The van der Waals surface area contributed by atoms with Gasteiger partial charge in [-0.3, -0.25) is 4.57 Å². The van der Waals surface area contributed by atoms with Gasteiger partial charge in [0.1, 0.15) is 29.0 Å². The number of benzene rings is 2. The molecular formula is C19H20ClFN3O4P. The minimum Gasteiger partial charge on any atom is -0.496 e. The average molecular weight is 440 g/mol. The third-order valence-electron chi connectivity index (χ3n) is 4.01. The van der Waals surface area contributed by atoms with Crippen LogP contribution in [0.5, 0.6) is 5.75 Å². The average Bonchev–Trinajstić information content (AvgIpc) is 2.70. The largest absolute Gasteiger partial charge is 0.496 e. The third-order valence-corrected chi connectivity index (χ3v) is 6.44. The number of nitrogens with zero attached hydrogens (tertiary/aromatic N) is 2. The zero-order valence-corrected chi connectivity index (χ0v) is 17.8. The number of anilines is 2. The van der Waals surface area contributed by atoms with Crippen LogP contribution >= 0.6 is 19.2 Å². The molecule has 2 aromatic carbocycles. The van der Waals surface area contributed by atoms with Crippen LogP contribution in [0.3, 0.4) is 0 Å². The van der Waals surface area contributed by atoms with Crippen molar-refractivity contribution in [2.45, 2.75) is 13.8 Å². The monoisotopic (exact) mass is 439 g/mol. The Morgan fingerprint density at radius 2 is 1.86 bits per heavy atom. The Labute approximate surface area is 172 Å². The highest BCUT2D eigenvalue weighted by Gasteiger charge is 2.31. The first-order chi connectivity index (χ1) is 13.9. The predicted octanol–water partition coefficient (Wildman–Crippen LogP) is 5.07. The molecule has 0 unspecified atom stereocenters. The normalized spacial score (nSPS) is 11.6. The molecule has 0 saturated heterocycles. The number of nitrogens with one attached hydrogen (secondary N) is 1. The first kappa shape index (κ1) is 21.5. The Kier molecular flexibility index (Phi) is 6.70. The molecule has 154 valence electrons. The van der Waals surface area contributed by atoms with Crippen LogP contribution in [0, 0.1) is 5.82 Å². The summed E-state index contributed by atoms with van der Waals surface area (Å²) in [6.45, 7) is 3.85. The number of halogens is 2. The molecule has 0 saturated carbocycles. The molecule has 0 radical (unpaired) electrons. The van der Waals surface area contributed by atoms with E-state index in [9.17, 15) is 8.96 Å². The summed E-state index contributed by atoms with van der Waals surface area (Å²) in [5.74, 6) is 0.226. The van der Waals surface area contributed by atoms with Crippen molar-refractivity contribution < 1.29 is 22.7 Å². The van der Waals surface area contributed by atoms with Gasteiger partial charge in [0.25, 0.3) is 0 Å². The number of hydrogen-bond donors (Lipinski definition) is 1. The Morgan fingerprint density at radius 3 is 2.48 bits per heavy atom. The lowest BCUT2D eigenvalue weighted by Gasteiger charge is -2.20. The SMILES string of the molecule is CCOP(=O)(OCC)c1cc2c(Nc3ccc(F)c(Cl)c3)ncnc2cc1OC. The van der Waals surface area contributed by atoms with Gasteiger partial charge in [-0.05, 0) is 38.1 Å². The van der Waals surface area contributed by atoms with Crippen LogP contribution in [0.4, 0.5) is 15.9 Å². The van der Waals surface area contributed by atoms with E-state index in [4.69, 9.17) is 25.4 Å². The molecule has 0 aliphatic heterocycles. The lowest BCUT2D eigenvalue weighted by Crippen LogP contribution is -2.14. The van der Waals surface area contributed by atoms with Gasteiger partial charge < -0.3 is 19.1 Å². The summed E-state index contributed by atoms with van der Waals surface area (Å²) in [5.41, 5.74) is 1.09. The zero-order chi connectivity index (χ0) is 21.0. The van der Waals surface area contributed by atoms with Gasteiger partial charge in [-0.25, -0.2) is 14.4 Å². The summed E-state index contributed by atoms with van der Waals surface area (Å²) in [7, 11) is -2.16. The molecule has 7 nitrogen and oxygen atoms in total. The minimum absolute atomic E-state index is 0.0205. The molecule has 0 fully saturated rings. The van der Waals surface area contributed by atoms with Crippen LogP contribution in [0.1, 0.15) is 13.8 Å². The molecule has 1 aromatic heterocycles. The highest BCUT2D eigenvalue weighted by Crippen LogP contribution is 2.50. The van der Waals surface area contributed by atoms with Crippen molar-refractivity contribution in [2.24, 2.45) is 0 Å². The lowest BCUT2D eigenvalue weighted by molar-refractivity contribution is 0.229. The number of rotatable bonds is 8. The van der Waals surface area contributed by atoms with Gasteiger partial charge >= 0.3 is 7.60 Å². The number of ether oxygens (including phenoxy) is 1. The molecule has 0 atom stereocenters. The minimum atomic E-state index is -3.63. The van der Waals surface area contributed by atoms with Gasteiger partial charge in [0.15, 0.2) is 0 Å². The maximum Gasteiger partial charge on any atom is 0.365 e. The van der Waals surface area contributed by atoms with Crippen LogP contribution in [-0.2, 0) is 13.6 Å². The smallest absolute Gasteiger partial charge is 0.365 e. The lowest BCUT2D eigenvalue weighted by atomic mass is 10.2. The van der Waals surface area contributed by atoms with E-state index in [-0.39, 0.29) is 23.5 Å². The number of aromatic nitrogens is 2. The third kappa shape index (κ3) is 4.51. The molecule has 0 aliphatic rings. The van der Waals surface area contributed by atoms with Crippen LogP contribution in [0.25, 0.3) is 10.9 Å². The van der Waals surface area contributed by atoms with Gasteiger partial charge in [0, 0.05) is 17.1 Å². The first-order valence-electron chi connectivity index (χ1n) is 8.86. The topological polar surface area (TPSA) is 82.6 Å². The van der Waals surface area contributed by atoms with Gasteiger partial charge in [0.05, 0.1) is 30.9 Å². The number of methoxy groups -OCH3 is 1. The second-order valence-corrected chi connectivity index (χ2v) is 8.25. The standard InChI is InChI=1S/C19H20ClFN3O4P/c1-4-27-29(25,28-5-2)18-9-13-16(10-17(18)26-3)22-11-23-19(13)24-12-6-7-15(21)14(20)8-12/h6-11H,4-5H2,1-3H3,(H,22,23,24). The van der Waals surface area contributed by atoms with E-state index in [0.717, 1.165) is 0 Å². The predicted molar refractivity (Wildman–Crippen MR) is 111 cm³/mol. The van der Waals surface area contributed by atoms with Crippen molar-refractivity contribution in [3.63, 3.8) is 0 Å². The Bertz CT molecular complexity index is 1070. The van der Waals surface area contributed by atoms with Crippen LogP contribution in [0.2, 0.25) is 5.02 Å². The summed E-state index contributed by atoms with van der Waals surface area (Å²) in [6.07, 6.45) is 1.37. The molecule has 3 aromatic rings. The van der Waals surface area contributed by atoms with E-state index in [0.29, 0.717) is 28.2 Å². The molecule has 1 heterocycles. The van der Waals surface area contributed by atoms with Crippen LogP contribution in [0.15, 0.2) is 36.7 Å². The summed E-state index contributed by atoms with van der Waals surface area (Å²) in [6, 6.07) is 7.49. The Morgan fingerprint density at radius 1 is 1.14 bits per heavy atom. The Balaban J connectivity index is 2.15. The van der Waals surface area contributed by atoms with Gasteiger partial charge in [-0.1, -0.05) is 11.6 Å². The summed E-state index contributed by atoms with van der Waals surface area (Å²) >= 11 is 5.86. The van der Waals surface area contributed by atoms with E-state index < -0.39 is 13.4 Å². The van der Waals surface area contributed by atoms with Crippen molar-refractivity contribution >= 4 is 46.9 Å². The highest BCUT2D eigenvalue weighted by molar-refractivity contribution is 7.62. The summed E-state index contributed by atoms with van der Waals surface area (Å²) in [5, 5.41) is 3.89. The molecule has 1 N–H and O–H groups in total. The van der Waals surface area contributed by atoms with E-state index >= 15 is 0 Å². The first-order valence-corrected chi connectivity index (χ1v) is 10.8. The van der Waals surface area contributed by atoms with Crippen LogP contribution < -0.4 is 15.4 Å². The van der Waals surface area contributed by atoms with E-state index in [1.165, 1.54) is 31.6 Å². The van der Waals surface area contributed by atoms with Crippen molar-refractivity contribution in [2.75, 3.05) is 25.6 Å². The van der Waals surface area contributed by atoms with Crippen LogP contribution in [-0.4, -0.2) is 30.3 Å². The fourth-order valence-corrected chi connectivity index (χ4v) is 4.70. The molecule has 0 spiro atoms. The quantitative estimate of drug-likeness (QED) is 0.491. The second-order valence-electron chi connectivity index (χ2n) is 5.85. The summed E-state index contributed by atoms with van der Waals surface area (Å²) < 4.78 is 43.1. The number of hydrogen-bond acceptors (Lipinski definition) is 7. The van der Waals surface area contributed by atoms with Crippen molar-refractivity contribution in [1.29, 1.82) is 0 Å². The van der Waals surface area contributed by atoms with E-state index in [2.05, 4.69) is 15.3 Å². The Hall–Kier alpha value is -2.25. The zero-order valence-electron chi connectivity index (χ0n) is 16.1. The van der Waals surface area contributed by atoms with E-state index in [1.54, 1.807) is 26.0 Å². The number of fused-ring (bicyclic) bond motifs is 1. The van der Waals surface area contributed by atoms with Crippen molar-refractivity contribution in [1.82, 2.24) is 9.97 Å². The molecule has 10 heteroatoms. The maximum atomic E-state index is 13.4. The van der Waals surface area contributed by atoms with Gasteiger partial charge in [-0.15, -0.1) is 0 Å². The van der Waals surface area contributed by atoms with Gasteiger partial charge in [0.2, 0.25) is 0 Å². The van der Waals surface area contributed by atoms with Crippen molar-refractivity contribution in [3.05, 3.63) is 47.5 Å². The molecule has 3 rings (SSSR count). The fourth-order valence-electron chi connectivity index (χ4n) is 2.78. The second kappa shape index (κ2) is 9.05. The summed E-state index contributed by atoms with van der Waals surface area (Å²) in [4.78, 5) is 8.50. The fraction of sp³-hybridized carbons (Fsp3) is 0.263. The highest BCUT2D eigenvalue weighted by atomic mass is 35.5. The van der Waals surface area contributed by atoms with Crippen molar-refractivity contribution in [3.8, 4) is 5.75 Å².